The summed E-state index contributed by atoms with van der Waals surface area (Å²) in [6.07, 6.45) is 7.54. The van der Waals surface area contributed by atoms with E-state index in [1.54, 1.807) is 4.90 Å². The molecule has 2 atom stereocenters. The van der Waals surface area contributed by atoms with Crippen LogP contribution in [0.4, 0.5) is 0 Å². The van der Waals surface area contributed by atoms with Crippen LogP contribution in [0.3, 0.4) is 0 Å². The van der Waals surface area contributed by atoms with Crippen molar-refractivity contribution in [1.29, 1.82) is 0 Å². The van der Waals surface area contributed by atoms with Crippen LogP contribution in [-0.4, -0.2) is 35.3 Å². The van der Waals surface area contributed by atoms with E-state index in [-0.39, 0.29) is 23.9 Å². The van der Waals surface area contributed by atoms with Crippen molar-refractivity contribution >= 4 is 23.2 Å². The fourth-order valence-electron chi connectivity index (χ4n) is 3.11. The maximum absolute atomic E-state index is 12.5. The second kappa shape index (κ2) is 9.06. The monoisotopic (exact) mass is 336 g/mol. The topological polar surface area (TPSA) is 49.4 Å². The first-order valence-corrected chi connectivity index (χ1v) is 9.66. The van der Waals surface area contributed by atoms with Gasteiger partial charge in [0.2, 0.25) is 5.91 Å². The minimum absolute atomic E-state index is 0.00625. The van der Waals surface area contributed by atoms with Gasteiger partial charge in [-0.05, 0) is 37.6 Å². The summed E-state index contributed by atoms with van der Waals surface area (Å²) in [5.41, 5.74) is 0. The van der Waals surface area contributed by atoms with Crippen LogP contribution in [0.15, 0.2) is 17.5 Å². The molecule has 4 nitrogen and oxygen atoms in total. The quantitative estimate of drug-likeness (QED) is 0.734. The van der Waals surface area contributed by atoms with Crippen molar-refractivity contribution in [3.63, 3.8) is 0 Å². The number of nitrogens with one attached hydrogen (secondary N) is 1. The Morgan fingerprint density at radius 2 is 2.22 bits per heavy atom. The number of amides is 2. The van der Waals surface area contributed by atoms with E-state index in [4.69, 9.17) is 0 Å². The first-order valence-electron chi connectivity index (χ1n) is 8.78. The third-order valence-electron chi connectivity index (χ3n) is 4.43. The standard InChI is InChI=1S/C18H28N2O2S/c1-3-4-5-6-9-14(2)19-17(21)15-10-7-12-20(15)18(22)16-11-8-13-23-16/h8,11,13-15H,3-7,9-10,12H2,1-2H3,(H,19,21)/t14-,15+/m1/s1. The molecule has 1 aromatic rings. The number of likely N-dealkylation sites (tertiary alicyclic amines) is 1. The second-order valence-electron chi connectivity index (χ2n) is 6.39. The third-order valence-corrected chi connectivity index (χ3v) is 5.29. The molecule has 2 rings (SSSR count). The first kappa shape index (κ1) is 18.0. The van der Waals surface area contributed by atoms with Gasteiger partial charge in [0, 0.05) is 12.6 Å². The number of carbonyl (C=O) groups is 2. The summed E-state index contributed by atoms with van der Waals surface area (Å²) < 4.78 is 0. The summed E-state index contributed by atoms with van der Waals surface area (Å²) in [6, 6.07) is 3.58. The number of thiophene rings is 1. The number of hydrogen-bond acceptors (Lipinski definition) is 3. The van der Waals surface area contributed by atoms with Gasteiger partial charge in [0.05, 0.1) is 4.88 Å². The molecule has 1 fully saturated rings. The Hall–Kier alpha value is -1.36. The van der Waals surface area contributed by atoms with E-state index in [9.17, 15) is 9.59 Å². The summed E-state index contributed by atoms with van der Waals surface area (Å²) in [5.74, 6) is 0.00338. The van der Waals surface area contributed by atoms with E-state index in [1.807, 2.05) is 17.5 Å². The molecule has 1 aliphatic rings. The zero-order valence-electron chi connectivity index (χ0n) is 14.2. The zero-order valence-corrected chi connectivity index (χ0v) is 15.0. The lowest BCUT2D eigenvalue weighted by molar-refractivity contribution is -0.125. The molecule has 128 valence electrons. The molecule has 0 aliphatic carbocycles. The van der Waals surface area contributed by atoms with Crippen molar-refractivity contribution in [1.82, 2.24) is 10.2 Å². The van der Waals surface area contributed by atoms with Crippen LogP contribution < -0.4 is 5.32 Å². The van der Waals surface area contributed by atoms with E-state index < -0.39 is 0 Å². The Bertz CT molecular complexity index is 501. The van der Waals surface area contributed by atoms with Gasteiger partial charge in [-0.15, -0.1) is 11.3 Å². The molecule has 1 saturated heterocycles. The predicted octanol–water partition coefficient (Wildman–Crippen LogP) is 3.83. The van der Waals surface area contributed by atoms with Crippen molar-refractivity contribution in [2.45, 2.75) is 70.9 Å². The maximum Gasteiger partial charge on any atom is 0.264 e. The minimum atomic E-state index is -0.303. The molecule has 5 heteroatoms. The van der Waals surface area contributed by atoms with Crippen molar-refractivity contribution in [3.05, 3.63) is 22.4 Å². The van der Waals surface area contributed by atoms with Crippen molar-refractivity contribution in [3.8, 4) is 0 Å². The van der Waals surface area contributed by atoms with Crippen LogP contribution in [0.5, 0.6) is 0 Å². The van der Waals surface area contributed by atoms with Gasteiger partial charge in [0.15, 0.2) is 0 Å². The highest BCUT2D eigenvalue weighted by molar-refractivity contribution is 7.12. The lowest BCUT2D eigenvalue weighted by Gasteiger charge is -2.25. The van der Waals surface area contributed by atoms with E-state index in [0.29, 0.717) is 6.54 Å². The molecule has 2 heterocycles. The van der Waals surface area contributed by atoms with Gasteiger partial charge in [-0.3, -0.25) is 9.59 Å². The molecule has 23 heavy (non-hydrogen) atoms. The molecule has 2 amide bonds. The number of nitrogens with zero attached hydrogens (tertiary/aromatic N) is 1. The summed E-state index contributed by atoms with van der Waals surface area (Å²) in [5, 5.41) is 5.00. The predicted molar refractivity (Wildman–Crippen MR) is 94.7 cm³/mol. The molecule has 1 N–H and O–H groups in total. The van der Waals surface area contributed by atoms with E-state index in [0.717, 1.165) is 30.6 Å². The normalized spacial score (nSPS) is 18.9. The van der Waals surface area contributed by atoms with Crippen molar-refractivity contribution in [2.24, 2.45) is 0 Å². The van der Waals surface area contributed by atoms with Crippen LogP contribution in [0, 0.1) is 0 Å². The zero-order chi connectivity index (χ0) is 16.7. The number of hydrogen-bond donors (Lipinski definition) is 1. The molecule has 0 bridgehead atoms. The number of unbranched alkanes of at least 4 members (excludes halogenated alkanes) is 3. The average Bonchev–Trinajstić information content (AvgIpc) is 3.21. The van der Waals surface area contributed by atoms with E-state index >= 15 is 0 Å². The van der Waals surface area contributed by atoms with Gasteiger partial charge in [-0.2, -0.15) is 0 Å². The third kappa shape index (κ3) is 5.06. The second-order valence-corrected chi connectivity index (χ2v) is 7.34. The lowest BCUT2D eigenvalue weighted by atomic mass is 10.1. The van der Waals surface area contributed by atoms with Crippen LogP contribution >= 0.6 is 11.3 Å². The molecular weight excluding hydrogens is 308 g/mol. The fraction of sp³-hybridized carbons (Fsp3) is 0.667. The van der Waals surface area contributed by atoms with Crippen LogP contribution in [0.2, 0.25) is 0 Å². The van der Waals surface area contributed by atoms with Crippen molar-refractivity contribution < 1.29 is 9.59 Å². The van der Waals surface area contributed by atoms with Crippen LogP contribution in [-0.2, 0) is 4.79 Å². The Morgan fingerprint density at radius 1 is 1.39 bits per heavy atom. The molecule has 0 unspecified atom stereocenters. The highest BCUT2D eigenvalue weighted by Crippen LogP contribution is 2.22. The molecule has 0 aromatic carbocycles. The highest BCUT2D eigenvalue weighted by Gasteiger charge is 2.35. The molecular formula is C18H28N2O2S. The van der Waals surface area contributed by atoms with E-state index in [1.165, 1.54) is 30.6 Å². The highest BCUT2D eigenvalue weighted by atomic mass is 32.1. The maximum atomic E-state index is 12.5. The first-order chi connectivity index (χ1) is 11.1. The molecule has 1 aliphatic heterocycles. The van der Waals surface area contributed by atoms with Gasteiger partial charge >= 0.3 is 0 Å². The Kier molecular flexibility index (Phi) is 7.09. The van der Waals surface area contributed by atoms with E-state index in [2.05, 4.69) is 19.2 Å². The van der Waals surface area contributed by atoms with Gasteiger partial charge in [0.1, 0.15) is 6.04 Å². The van der Waals surface area contributed by atoms with Gasteiger partial charge in [0.25, 0.3) is 5.91 Å². The largest absolute Gasteiger partial charge is 0.352 e. The molecule has 0 spiro atoms. The SMILES string of the molecule is CCCCCC[C@@H](C)NC(=O)[C@@H]1CCCN1C(=O)c1cccs1. The van der Waals surface area contributed by atoms with Gasteiger partial charge in [-0.1, -0.05) is 38.7 Å². The summed E-state index contributed by atoms with van der Waals surface area (Å²) in [4.78, 5) is 27.5. The summed E-state index contributed by atoms with van der Waals surface area (Å²) in [6.45, 7) is 4.94. The Labute approximate surface area is 143 Å². The summed E-state index contributed by atoms with van der Waals surface area (Å²) >= 11 is 1.44. The van der Waals surface area contributed by atoms with Crippen LogP contribution in [0.1, 0.15) is 68.5 Å². The minimum Gasteiger partial charge on any atom is -0.352 e. The smallest absolute Gasteiger partial charge is 0.264 e. The van der Waals surface area contributed by atoms with Gasteiger partial charge in [-0.25, -0.2) is 0 Å². The average molecular weight is 337 g/mol. The summed E-state index contributed by atoms with van der Waals surface area (Å²) in [7, 11) is 0. The number of rotatable bonds is 8. The lowest BCUT2D eigenvalue weighted by Crippen LogP contribution is -2.48. The Balaban J connectivity index is 1.84. The van der Waals surface area contributed by atoms with Crippen LogP contribution in [0.25, 0.3) is 0 Å². The van der Waals surface area contributed by atoms with Crippen molar-refractivity contribution in [2.75, 3.05) is 6.54 Å². The number of carbonyl (C=O) groups excluding carboxylic acids is 2. The Morgan fingerprint density at radius 3 is 2.91 bits per heavy atom. The van der Waals surface area contributed by atoms with Gasteiger partial charge < -0.3 is 10.2 Å². The fourth-order valence-corrected chi connectivity index (χ4v) is 3.79. The molecule has 0 saturated carbocycles. The molecule has 1 aromatic heterocycles. The molecule has 0 radical (unpaired) electrons.